The van der Waals surface area contributed by atoms with Crippen LogP contribution < -0.4 is 11.0 Å². The summed E-state index contributed by atoms with van der Waals surface area (Å²) in [5.74, 6) is 0.532. The van der Waals surface area contributed by atoms with E-state index in [1.54, 1.807) is 19.1 Å². The molecule has 20 heavy (non-hydrogen) atoms. The average Bonchev–Trinajstić information content (AvgIpc) is 3.09. The number of anilines is 1. The minimum absolute atomic E-state index is 0.0592. The van der Waals surface area contributed by atoms with Crippen LogP contribution in [0.15, 0.2) is 16.9 Å². The van der Waals surface area contributed by atoms with E-state index >= 15 is 0 Å². The van der Waals surface area contributed by atoms with Gasteiger partial charge in [-0.2, -0.15) is 9.61 Å². The number of likely N-dealkylation sites (tertiary alicyclic amines) is 1. The van der Waals surface area contributed by atoms with Crippen molar-refractivity contribution in [1.82, 2.24) is 24.7 Å². The number of amides is 1. The van der Waals surface area contributed by atoms with Gasteiger partial charge >= 0.3 is 5.69 Å². The van der Waals surface area contributed by atoms with E-state index < -0.39 is 5.69 Å². The van der Waals surface area contributed by atoms with Crippen molar-refractivity contribution in [3.63, 3.8) is 0 Å². The minimum Gasteiger partial charge on any atom is -0.357 e. The molecule has 8 heteroatoms. The van der Waals surface area contributed by atoms with Crippen LogP contribution in [0, 0.1) is 0 Å². The lowest BCUT2D eigenvalue weighted by molar-refractivity contribution is -0.130. The van der Waals surface area contributed by atoms with Crippen molar-refractivity contribution in [3.05, 3.63) is 22.6 Å². The average molecular weight is 276 g/mol. The molecule has 1 amide bonds. The molecule has 0 bridgehead atoms. The molecule has 1 aliphatic rings. The first-order valence-electron chi connectivity index (χ1n) is 6.65. The Hall–Kier alpha value is -2.38. The lowest BCUT2D eigenvalue weighted by Crippen LogP contribution is -2.39. The van der Waals surface area contributed by atoms with Crippen LogP contribution in [0.1, 0.15) is 19.8 Å². The molecule has 1 aliphatic heterocycles. The first-order chi connectivity index (χ1) is 9.65. The molecule has 1 saturated heterocycles. The predicted octanol–water partition coefficient (Wildman–Crippen LogP) is -0.160. The molecule has 0 radical (unpaired) electrons. The first kappa shape index (κ1) is 12.6. The molecule has 2 aromatic heterocycles. The third kappa shape index (κ3) is 2.24. The third-order valence-electron chi connectivity index (χ3n) is 3.43. The van der Waals surface area contributed by atoms with E-state index in [-0.39, 0.29) is 11.9 Å². The van der Waals surface area contributed by atoms with Gasteiger partial charge in [0.05, 0.1) is 0 Å². The number of fused-ring (bicyclic) bond motifs is 1. The summed E-state index contributed by atoms with van der Waals surface area (Å²) in [6.45, 7) is 3.43. The van der Waals surface area contributed by atoms with E-state index in [9.17, 15) is 9.59 Å². The van der Waals surface area contributed by atoms with E-state index in [0.717, 1.165) is 30.4 Å². The van der Waals surface area contributed by atoms with Crippen LogP contribution in [0.3, 0.4) is 0 Å². The second-order valence-corrected chi connectivity index (χ2v) is 4.92. The van der Waals surface area contributed by atoms with E-state index in [1.807, 2.05) is 4.90 Å². The number of carbonyl (C=O) groups excluding carboxylic acids is 1. The second-order valence-electron chi connectivity index (χ2n) is 4.92. The summed E-state index contributed by atoms with van der Waals surface area (Å²) >= 11 is 0. The third-order valence-corrected chi connectivity index (χ3v) is 3.43. The van der Waals surface area contributed by atoms with Gasteiger partial charge in [-0.1, -0.05) is 0 Å². The van der Waals surface area contributed by atoms with Gasteiger partial charge in [0.25, 0.3) is 0 Å². The fourth-order valence-electron chi connectivity index (χ4n) is 2.37. The predicted molar refractivity (Wildman–Crippen MR) is 72.5 cm³/mol. The van der Waals surface area contributed by atoms with Crippen molar-refractivity contribution in [2.45, 2.75) is 25.8 Å². The molecule has 0 spiro atoms. The van der Waals surface area contributed by atoms with E-state index in [0.29, 0.717) is 11.5 Å². The Kier molecular flexibility index (Phi) is 3.13. The lowest BCUT2D eigenvalue weighted by Gasteiger charge is -2.21. The second kappa shape index (κ2) is 4.95. The highest BCUT2D eigenvalue weighted by molar-refractivity contribution is 5.84. The topological polar surface area (TPSA) is 95.4 Å². The Bertz CT molecular complexity index is 685. The summed E-state index contributed by atoms with van der Waals surface area (Å²) in [6, 6.07) is 2.99. The van der Waals surface area contributed by atoms with Crippen molar-refractivity contribution in [3.8, 4) is 0 Å². The number of nitrogens with zero attached hydrogens (tertiary/aromatic N) is 4. The van der Waals surface area contributed by atoms with Gasteiger partial charge in [-0.3, -0.25) is 4.79 Å². The Morgan fingerprint density at radius 2 is 2.15 bits per heavy atom. The summed E-state index contributed by atoms with van der Waals surface area (Å²) in [5.41, 5.74) is 0.0428. The van der Waals surface area contributed by atoms with Crippen LogP contribution in [0.2, 0.25) is 0 Å². The lowest BCUT2D eigenvalue weighted by atomic mass is 10.3. The van der Waals surface area contributed by atoms with Gasteiger partial charge in [0.1, 0.15) is 11.9 Å². The standard InChI is InChI=1S/C12H16N6O2/c1-8(11(19)17-6-2-3-7-17)13-9-4-5-10-14-15-12(20)18(10)16-9/h4-5,8H,2-3,6-7H2,1H3,(H,13,16)(H,15,20). The molecular formula is C12H16N6O2. The van der Waals surface area contributed by atoms with Crippen LogP contribution in [0.4, 0.5) is 5.82 Å². The minimum atomic E-state index is -0.401. The van der Waals surface area contributed by atoms with Gasteiger partial charge in [-0.05, 0) is 31.9 Å². The molecule has 8 nitrogen and oxygen atoms in total. The van der Waals surface area contributed by atoms with Gasteiger partial charge in [0.2, 0.25) is 5.91 Å². The van der Waals surface area contributed by atoms with Crippen LogP contribution >= 0.6 is 0 Å². The molecule has 2 N–H and O–H groups in total. The zero-order chi connectivity index (χ0) is 14.1. The number of H-pyrrole nitrogens is 1. The van der Waals surface area contributed by atoms with Crippen molar-refractivity contribution in [2.24, 2.45) is 0 Å². The molecule has 2 aromatic rings. The van der Waals surface area contributed by atoms with Gasteiger partial charge in [0, 0.05) is 13.1 Å². The van der Waals surface area contributed by atoms with E-state index in [1.165, 1.54) is 0 Å². The number of aromatic nitrogens is 4. The van der Waals surface area contributed by atoms with Gasteiger partial charge in [0.15, 0.2) is 5.65 Å². The Labute approximate surface area is 114 Å². The molecular weight excluding hydrogens is 260 g/mol. The molecule has 0 saturated carbocycles. The summed E-state index contributed by atoms with van der Waals surface area (Å²) in [6.07, 6.45) is 2.13. The summed E-state index contributed by atoms with van der Waals surface area (Å²) in [5, 5.41) is 13.2. The SMILES string of the molecule is CC(Nc1ccc2n[nH]c(=O)n2n1)C(=O)N1CCCC1. The fourth-order valence-corrected chi connectivity index (χ4v) is 2.37. The molecule has 0 aliphatic carbocycles. The zero-order valence-corrected chi connectivity index (χ0v) is 11.2. The van der Waals surface area contributed by atoms with Gasteiger partial charge < -0.3 is 10.2 Å². The zero-order valence-electron chi connectivity index (χ0n) is 11.2. The highest BCUT2D eigenvalue weighted by Gasteiger charge is 2.23. The van der Waals surface area contributed by atoms with Crippen LogP contribution in [-0.4, -0.2) is 49.7 Å². The Morgan fingerprint density at radius 3 is 2.90 bits per heavy atom. The molecule has 3 heterocycles. The molecule has 0 aromatic carbocycles. The number of carbonyl (C=O) groups is 1. The van der Waals surface area contributed by atoms with E-state index in [2.05, 4.69) is 20.6 Å². The maximum Gasteiger partial charge on any atom is 0.364 e. The number of aromatic amines is 1. The van der Waals surface area contributed by atoms with Crippen molar-refractivity contribution >= 4 is 17.4 Å². The smallest absolute Gasteiger partial charge is 0.357 e. The normalized spacial score (nSPS) is 16.6. The van der Waals surface area contributed by atoms with Crippen molar-refractivity contribution < 1.29 is 4.79 Å². The van der Waals surface area contributed by atoms with Crippen LogP contribution in [0.5, 0.6) is 0 Å². The number of hydrogen-bond donors (Lipinski definition) is 2. The molecule has 106 valence electrons. The highest BCUT2D eigenvalue weighted by atomic mass is 16.2. The van der Waals surface area contributed by atoms with Gasteiger partial charge in [-0.15, -0.1) is 5.10 Å². The summed E-state index contributed by atoms with van der Waals surface area (Å²) in [7, 11) is 0. The van der Waals surface area contributed by atoms with Crippen LogP contribution in [-0.2, 0) is 4.79 Å². The maximum absolute atomic E-state index is 12.2. The molecule has 1 fully saturated rings. The van der Waals surface area contributed by atoms with Crippen LogP contribution in [0.25, 0.3) is 5.65 Å². The highest BCUT2D eigenvalue weighted by Crippen LogP contribution is 2.11. The number of hydrogen-bond acceptors (Lipinski definition) is 5. The van der Waals surface area contributed by atoms with Crippen molar-refractivity contribution in [1.29, 1.82) is 0 Å². The van der Waals surface area contributed by atoms with E-state index in [4.69, 9.17) is 0 Å². The monoisotopic (exact) mass is 276 g/mol. The summed E-state index contributed by atoms with van der Waals surface area (Å²) in [4.78, 5) is 25.5. The maximum atomic E-state index is 12.2. The molecule has 3 rings (SSSR count). The molecule has 1 unspecified atom stereocenters. The fraction of sp³-hybridized carbons (Fsp3) is 0.500. The Morgan fingerprint density at radius 1 is 1.40 bits per heavy atom. The number of nitrogens with one attached hydrogen (secondary N) is 2. The molecule has 1 atom stereocenters. The van der Waals surface area contributed by atoms with Gasteiger partial charge in [-0.25, -0.2) is 9.89 Å². The largest absolute Gasteiger partial charge is 0.364 e. The first-order valence-corrected chi connectivity index (χ1v) is 6.65. The van der Waals surface area contributed by atoms with Crippen molar-refractivity contribution in [2.75, 3.05) is 18.4 Å². The summed E-state index contributed by atoms with van der Waals surface area (Å²) < 4.78 is 1.16. The Balaban J connectivity index is 1.76. The number of rotatable bonds is 3. The quantitative estimate of drug-likeness (QED) is 0.812.